The number of β-amino-alcohol motifs (C(OH)–C–C–N with tert-alkyl or cyclic N) is 1. The maximum atomic E-state index is 12.2. The van der Waals surface area contributed by atoms with E-state index in [1.54, 1.807) is 7.05 Å². The Labute approximate surface area is 188 Å². The molecule has 1 aliphatic heterocycles. The second kappa shape index (κ2) is 11.2. The van der Waals surface area contributed by atoms with Crippen LogP contribution >= 0.6 is 23.7 Å². The van der Waals surface area contributed by atoms with Crippen molar-refractivity contribution in [1.82, 2.24) is 33.6 Å². The number of piperazine rings is 1. The summed E-state index contributed by atoms with van der Waals surface area (Å²) in [5.41, 5.74) is -0.248. The third-order valence-corrected chi connectivity index (χ3v) is 6.85. The van der Waals surface area contributed by atoms with Crippen molar-refractivity contribution in [3.8, 4) is 0 Å². The first-order valence-corrected chi connectivity index (χ1v) is 12.1. The van der Waals surface area contributed by atoms with Gasteiger partial charge in [-0.05, 0) is 11.9 Å². The first kappa shape index (κ1) is 23.9. The highest BCUT2D eigenvalue weighted by molar-refractivity contribution is 7.99. The summed E-state index contributed by atoms with van der Waals surface area (Å²) >= 11 is 2.75. The molecule has 31 heavy (non-hydrogen) atoms. The summed E-state index contributed by atoms with van der Waals surface area (Å²) in [5.74, 6) is 1.28. The minimum Gasteiger partial charge on any atom is -0.395 e. The number of aromatic nitrogens is 4. The Morgan fingerprint density at radius 2 is 1.77 bits per heavy atom. The number of imidazole rings is 1. The summed E-state index contributed by atoms with van der Waals surface area (Å²) in [5, 5.41) is 9.49. The van der Waals surface area contributed by atoms with Gasteiger partial charge in [-0.1, -0.05) is 11.8 Å². The Morgan fingerprint density at radius 3 is 2.45 bits per heavy atom. The molecule has 0 radical (unpaired) electrons. The third-order valence-electron chi connectivity index (χ3n) is 5.22. The molecule has 13 heteroatoms. The van der Waals surface area contributed by atoms with Crippen molar-refractivity contribution in [3.05, 3.63) is 20.8 Å². The van der Waals surface area contributed by atoms with Crippen molar-refractivity contribution < 1.29 is 9.90 Å². The first-order valence-electron chi connectivity index (χ1n) is 10.2. The normalized spacial score (nSPS) is 15.6. The Balaban J connectivity index is 1.35. The standard InChI is InChI=1S/C18H29N7O4S2/c1-22-15-14(16(28)23(2)18(22)29)19-17(20-15)30-11-3-13(27)21-31-12-9-25-6-4-24(5-7-25)8-10-26/h26H,3-12H2,1-2H3,(H,19,20)(H,21,27). The lowest BCUT2D eigenvalue weighted by atomic mass is 10.3. The van der Waals surface area contributed by atoms with Crippen LogP contribution in [0.15, 0.2) is 14.7 Å². The van der Waals surface area contributed by atoms with Gasteiger partial charge in [-0.2, -0.15) is 0 Å². The number of hydrogen-bond donors (Lipinski definition) is 3. The number of H-pyrrole nitrogens is 1. The Bertz CT molecular complexity index is 1010. The molecule has 2 aromatic rings. The minimum atomic E-state index is -0.427. The van der Waals surface area contributed by atoms with Crippen LogP contribution in [0.1, 0.15) is 6.42 Å². The number of hydrogen-bond acceptors (Lipinski definition) is 9. The van der Waals surface area contributed by atoms with E-state index >= 15 is 0 Å². The molecular formula is C18H29N7O4S2. The van der Waals surface area contributed by atoms with Gasteiger partial charge in [0, 0.05) is 71.3 Å². The fourth-order valence-corrected chi connectivity index (χ4v) is 4.87. The van der Waals surface area contributed by atoms with Crippen LogP contribution in [0.25, 0.3) is 11.2 Å². The molecular weight excluding hydrogens is 442 g/mol. The summed E-state index contributed by atoms with van der Waals surface area (Å²) in [6.07, 6.45) is 0.325. The molecule has 3 N–H and O–H groups in total. The van der Waals surface area contributed by atoms with Crippen LogP contribution < -0.4 is 16.0 Å². The molecule has 1 aliphatic rings. The summed E-state index contributed by atoms with van der Waals surface area (Å²) in [6.45, 7) is 5.76. The molecule has 0 aromatic carbocycles. The van der Waals surface area contributed by atoms with Crippen molar-refractivity contribution in [2.45, 2.75) is 11.6 Å². The van der Waals surface area contributed by atoms with Gasteiger partial charge in [0.15, 0.2) is 16.3 Å². The maximum absolute atomic E-state index is 12.2. The van der Waals surface area contributed by atoms with Crippen LogP contribution in [0.2, 0.25) is 0 Å². The van der Waals surface area contributed by atoms with Gasteiger partial charge in [-0.25, -0.2) is 9.78 Å². The number of nitrogens with zero attached hydrogens (tertiary/aromatic N) is 5. The van der Waals surface area contributed by atoms with Crippen LogP contribution in [-0.2, 0) is 18.9 Å². The van der Waals surface area contributed by atoms with Gasteiger partial charge in [0.05, 0.1) is 6.61 Å². The van der Waals surface area contributed by atoms with Crippen LogP contribution in [0.5, 0.6) is 0 Å². The number of rotatable bonds is 10. The molecule has 1 fully saturated rings. The lowest BCUT2D eigenvalue weighted by molar-refractivity contribution is -0.118. The number of nitrogens with one attached hydrogen (secondary N) is 2. The van der Waals surface area contributed by atoms with Crippen molar-refractivity contribution in [1.29, 1.82) is 0 Å². The molecule has 0 bridgehead atoms. The van der Waals surface area contributed by atoms with Gasteiger partial charge in [0.2, 0.25) is 5.91 Å². The largest absolute Gasteiger partial charge is 0.395 e. The van der Waals surface area contributed by atoms with E-state index in [2.05, 4.69) is 24.5 Å². The lowest BCUT2D eigenvalue weighted by Gasteiger charge is -2.34. The number of aliphatic hydroxyl groups is 1. The van der Waals surface area contributed by atoms with Gasteiger partial charge in [0.25, 0.3) is 5.56 Å². The number of thioether (sulfide) groups is 1. The second-order valence-corrected chi connectivity index (χ2v) is 9.31. The number of fused-ring (bicyclic) bond motifs is 1. The molecule has 1 saturated heterocycles. The number of aliphatic hydroxyl groups excluding tert-OH is 1. The Hall–Kier alpha value is -1.80. The highest BCUT2D eigenvalue weighted by Crippen LogP contribution is 2.17. The second-order valence-electron chi connectivity index (χ2n) is 7.33. The minimum absolute atomic E-state index is 0.0512. The van der Waals surface area contributed by atoms with Crippen molar-refractivity contribution in [2.24, 2.45) is 14.1 Å². The van der Waals surface area contributed by atoms with Gasteiger partial charge >= 0.3 is 5.69 Å². The predicted octanol–water partition coefficient (Wildman–Crippen LogP) is -1.18. The topological polar surface area (TPSA) is 128 Å². The first-order chi connectivity index (χ1) is 14.9. The zero-order chi connectivity index (χ0) is 22.4. The molecule has 2 aromatic heterocycles. The zero-order valence-electron chi connectivity index (χ0n) is 17.8. The van der Waals surface area contributed by atoms with Crippen LogP contribution in [0, 0.1) is 0 Å². The van der Waals surface area contributed by atoms with E-state index < -0.39 is 11.2 Å². The molecule has 0 saturated carbocycles. The van der Waals surface area contributed by atoms with Crippen LogP contribution in [-0.4, -0.2) is 97.3 Å². The summed E-state index contributed by atoms with van der Waals surface area (Å²) in [7, 11) is 3.00. The van der Waals surface area contributed by atoms with Gasteiger partial charge < -0.3 is 14.8 Å². The average Bonchev–Trinajstić information content (AvgIpc) is 3.19. The molecule has 1 amide bonds. The molecule has 172 valence electrons. The molecule has 11 nitrogen and oxygen atoms in total. The molecule has 3 heterocycles. The molecule has 3 rings (SSSR count). The van der Waals surface area contributed by atoms with E-state index in [1.807, 2.05) is 0 Å². The summed E-state index contributed by atoms with van der Waals surface area (Å²) in [4.78, 5) is 48.1. The zero-order valence-corrected chi connectivity index (χ0v) is 19.4. The van der Waals surface area contributed by atoms with Gasteiger partial charge in [-0.15, -0.1) is 0 Å². The SMILES string of the molecule is Cn1c(=O)c2[nH]c(SCCC(=O)NSCCN3CCN(CCO)CC3)nc2n(C)c1=O. The molecule has 0 spiro atoms. The maximum Gasteiger partial charge on any atom is 0.332 e. The monoisotopic (exact) mass is 471 g/mol. The van der Waals surface area contributed by atoms with Crippen molar-refractivity contribution in [2.75, 3.05) is 57.4 Å². The number of aromatic amines is 1. The van der Waals surface area contributed by atoms with Crippen LogP contribution in [0.4, 0.5) is 0 Å². The lowest BCUT2D eigenvalue weighted by Crippen LogP contribution is -2.47. The molecule has 0 aliphatic carbocycles. The van der Waals surface area contributed by atoms with E-state index in [4.69, 9.17) is 5.11 Å². The Kier molecular flexibility index (Phi) is 8.60. The fourth-order valence-electron chi connectivity index (χ4n) is 3.35. The van der Waals surface area contributed by atoms with Crippen molar-refractivity contribution >= 4 is 40.8 Å². The smallest absolute Gasteiger partial charge is 0.332 e. The average molecular weight is 472 g/mol. The number of amides is 1. The van der Waals surface area contributed by atoms with E-state index in [-0.39, 0.29) is 18.0 Å². The third kappa shape index (κ3) is 6.13. The summed E-state index contributed by atoms with van der Waals surface area (Å²) < 4.78 is 5.23. The van der Waals surface area contributed by atoms with Gasteiger partial charge in [-0.3, -0.25) is 28.5 Å². The highest BCUT2D eigenvalue weighted by Gasteiger charge is 2.16. The highest BCUT2D eigenvalue weighted by atomic mass is 32.2. The Morgan fingerprint density at radius 1 is 1.10 bits per heavy atom. The molecule has 0 unspecified atom stereocenters. The van der Waals surface area contributed by atoms with Crippen molar-refractivity contribution in [3.63, 3.8) is 0 Å². The predicted molar refractivity (Wildman–Crippen MR) is 122 cm³/mol. The van der Waals surface area contributed by atoms with Gasteiger partial charge in [0.1, 0.15) is 0 Å². The van der Waals surface area contributed by atoms with E-state index in [9.17, 15) is 14.4 Å². The summed E-state index contributed by atoms with van der Waals surface area (Å²) in [6, 6.07) is 0. The van der Waals surface area contributed by atoms with E-state index in [0.29, 0.717) is 23.0 Å². The number of carbonyl (C=O) groups excluding carboxylic acids is 1. The fraction of sp³-hybridized carbons (Fsp3) is 0.667. The van der Waals surface area contributed by atoms with Crippen LogP contribution in [0.3, 0.4) is 0 Å². The van der Waals surface area contributed by atoms with E-state index in [0.717, 1.165) is 49.6 Å². The van der Waals surface area contributed by atoms with E-state index in [1.165, 1.54) is 35.3 Å². The molecule has 0 atom stereocenters. The number of carbonyl (C=O) groups is 1. The number of aryl methyl sites for hydroxylation is 1. The quantitative estimate of drug-likeness (QED) is 0.223.